The number of aryl methyl sites for hydroxylation is 1. The highest BCUT2D eigenvalue weighted by Crippen LogP contribution is 2.25. The SMILES string of the molecule is CC.CCC1=NC=Nn2cc(C(C)C)c(C)c2C1.Cc1cc2c(F)cccc2[nH]1. The lowest BCUT2D eigenvalue weighted by atomic mass is 10.00. The number of H-pyrrole nitrogens is 1. The molecular weight excluding hydrogens is 363 g/mol. The first-order valence-corrected chi connectivity index (χ1v) is 10.4. The molecule has 1 aliphatic heterocycles. The minimum absolute atomic E-state index is 0.160. The van der Waals surface area contributed by atoms with Crippen LogP contribution in [0.25, 0.3) is 10.9 Å². The van der Waals surface area contributed by atoms with Gasteiger partial charge in [-0.15, -0.1) is 0 Å². The molecule has 0 saturated carbocycles. The molecule has 0 atom stereocenters. The van der Waals surface area contributed by atoms with Crippen LogP contribution in [-0.2, 0) is 6.42 Å². The van der Waals surface area contributed by atoms with E-state index in [1.165, 1.54) is 28.6 Å². The Balaban J connectivity index is 0.000000201. The molecule has 3 heterocycles. The van der Waals surface area contributed by atoms with E-state index in [1.54, 1.807) is 12.4 Å². The molecule has 0 amide bonds. The quantitative estimate of drug-likeness (QED) is 0.497. The van der Waals surface area contributed by atoms with Gasteiger partial charge in [-0.1, -0.05) is 40.7 Å². The van der Waals surface area contributed by atoms with Crippen molar-refractivity contribution in [3.63, 3.8) is 0 Å². The third-order valence-electron chi connectivity index (χ3n) is 4.97. The molecule has 0 bridgehead atoms. The van der Waals surface area contributed by atoms with E-state index >= 15 is 0 Å². The average Bonchev–Trinajstić information content (AvgIpc) is 3.16. The third kappa shape index (κ3) is 5.22. The standard InChI is InChI=1S/C13H19N3.C9H8FN.C2H6/c1-5-11-6-13-10(4)12(9(2)3)7-16(13)15-8-14-11;1-6-5-7-8(10)3-2-4-9(7)11-6;1-2/h7-9H,5-6H2,1-4H3;2-5,11H,1H3;1-2H3. The lowest BCUT2D eigenvalue weighted by Crippen LogP contribution is -2.04. The zero-order valence-corrected chi connectivity index (χ0v) is 18.7. The molecule has 3 aromatic rings. The van der Waals surface area contributed by atoms with E-state index in [0.717, 1.165) is 24.1 Å². The van der Waals surface area contributed by atoms with E-state index in [2.05, 4.69) is 49.0 Å². The molecule has 0 unspecified atom stereocenters. The van der Waals surface area contributed by atoms with Crippen LogP contribution in [0, 0.1) is 19.7 Å². The fraction of sp³-hybridized carbons (Fsp3) is 0.417. The van der Waals surface area contributed by atoms with Gasteiger partial charge < -0.3 is 4.98 Å². The summed E-state index contributed by atoms with van der Waals surface area (Å²) in [6.07, 6.45) is 5.72. The first-order chi connectivity index (χ1) is 13.9. The number of benzene rings is 1. The molecule has 4 nitrogen and oxygen atoms in total. The minimum atomic E-state index is -0.160. The van der Waals surface area contributed by atoms with Crippen LogP contribution in [0.4, 0.5) is 4.39 Å². The number of hydrogen-bond donors (Lipinski definition) is 1. The average molecular weight is 397 g/mol. The number of nitrogens with one attached hydrogen (secondary N) is 1. The van der Waals surface area contributed by atoms with E-state index in [4.69, 9.17) is 0 Å². The molecule has 2 aromatic heterocycles. The van der Waals surface area contributed by atoms with Gasteiger partial charge in [-0.25, -0.2) is 14.1 Å². The fourth-order valence-electron chi connectivity index (χ4n) is 3.42. The number of aromatic amines is 1. The second-order valence-corrected chi connectivity index (χ2v) is 7.27. The molecule has 5 heteroatoms. The molecule has 1 N–H and O–H groups in total. The Bertz CT molecular complexity index is 1010. The van der Waals surface area contributed by atoms with Crippen molar-refractivity contribution in [1.29, 1.82) is 0 Å². The summed E-state index contributed by atoms with van der Waals surface area (Å²) in [6, 6.07) is 6.85. The van der Waals surface area contributed by atoms with E-state index < -0.39 is 0 Å². The topological polar surface area (TPSA) is 45.4 Å². The van der Waals surface area contributed by atoms with Crippen LogP contribution >= 0.6 is 0 Å². The van der Waals surface area contributed by atoms with Crippen molar-refractivity contribution in [2.45, 2.75) is 67.2 Å². The third-order valence-corrected chi connectivity index (χ3v) is 4.97. The van der Waals surface area contributed by atoms with Gasteiger partial charge in [0.1, 0.15) is 12.2 Å². The minimum Gasteiger partial charge on any atom is -0.359 e. The zero-order chi connectivity index (χ0) is 21.6. The predicted octanol–water partition coefficient (Wildman–Crippen LogP) is 6.76. The van der Waals surface area contributed by atoms with Crippen LogP contribution < -0.4 is 0 Å². The molecule has 1 aliphatic rings. The van der Waals surface area contributed by atoms with Crippen molar-refractivity contribution < 1.29 is 4.39 Å². The second-order valence-electron chi connectivity index (χ2n) is 7.27. The Hall–Kier alpha value is -2.69. The Morgan fingerprint density at radius 3 is 2.55 bits per heavy atom. The van der Waals surface area contributed by atoms with E-state index in [0.29, 0.717) is 11.3 Å². The predicted molar refractivity (Wildman–Crippen MR) is 123 cm³/mol. The Kier molecular flexibility index (Phi) is 7.94. The summed E-state index contributed by atoms with van der Waals surface area (Å²) in [5, 5.41) is 5.02. The van der Waals surface area contributed by atoms with Crippen molar-refractivity contribution in [1.82, 2.24) is 9.66 Å². The zero-order valence-electron chi connectivity index (χ0n) is 18.7. The monoisotopic (exact) mass is 396 g/mol. The van der Waals surface area contributed by atoms with Crippen LogP contribution in [-0.4, -0.2) is 21.7 Å². The molecule has 156 valence electrons. The Labute approximate surface area is 173 Å². The lowest BCUT2D eigenvalue weighted by Gasteiger charge is -2.05. The summed E-state index contributed by atoms with van der Waals surface area (Å²) in [5.41, 5.74) is 7.12. The van der Waals surface area contributed by atoms with Crippen molar-refractivity contribution in [2.24, 2.45) is 10.1 Å². The van der Waals surface area contributed by atoms with Gasteiger partial charge >= 0.3 is 0 Å². The van der Waals surface area contributed by atoms with Gasteiger partial charge in [-0.05, 0) is 55.5 Å². The largest absolute Gasteiger partial charge is 0.359 e. The van der Waals surface area contributed by atoms with Crippen LogP contribution in [0.2, 0.25) is 0 Å². The first-order valence-electron chi connectivity index (χ1n) is 10.4. The molecule has 0 spiro atoms. The maximum absolute atomic E-state index is 13.0. The number of aliphatic imine (C=N–C) groups is 1. The number of rotatable bonds is 2. The molecule has 0 radical (unpaired) electrons. The number of fused-ring (bicyclic) bond motifs is 2. The van der Waals surface area contributed by atoms with Crippen molar-refractivity contribution in [3.05, 3.63) is 58.8 Å². The van der Waals surface area contributed by atoms with Crippen molar-refractivity contribution in [2.75, 3.05) is 0 Å². The number of halogens is 1. The number of nitrogens with zero attached hydrogens (tertiary/aromatic N) is 3. The van der Waals surface area contributed by atoms with Crippen LogP contribution in [0.1, 0.15) is 69.5 Å². The highest BCUT2D eigenvalue weighted by atomic mass is 19.1. The normalized spacial score (nSPS) is 12.5. The van der Waals surface area contributed by atoms with Gasteiger partial charge in [0.2, 0.25) is 0 Å². The Morgan fingerprint density at radius 2 is 1.93 bits per heavy atom. The fourth-order valence-corrected chi connectivity index (χ4v) is 3.42. The maximum atomic E-state index is 13.0. The Morgan fingerprint density at radius 1 is 1.21 bits per heavy atom. The summed E-state index contributed by atoms with van der Waals surface area (Å²) in [6.45, 7) is 14.7. The molecule has 0 aliphatic carbocycles. The van der Waals surface area contributed by atoms with Crippen LogP contribution in [0.5, 0.6) is 0 Å². The van der Waals surface area contributed by atoms with Gasteiger partial charge in [-0.3, -0.25) is 0 Å². The summed E-state index contributed by atoms with van der Waals surface area (Å²) >= 11 is 0. The highest BCUT2D eigenvalue weighted by Gasteiger charge is 2.16. The highest BCUT2D eigenvalue weighted by molar-refractivity contribution is 5.92. The van der Waals surface area contributed by atoms with Crippen LogP contribution in [0.15, 0.2) is 40.6 Å². The maximum Gasteiger partial charge on any atom is 0.136 e. The molecule has 1 aromatic carbocycles. The number of aromatic nitrogens is 2. The van der Waals surface area contributed by atoms with Gasteiger partial charge in [0.15, 0.2) is 0 Å². The van der Waals surface area contributed by atoms with Gasteiger partial charge in [-0.2, -0.15) is 5.10 Å². The van der Waals surface area contributed by atoms with E-state index in [1.807, 2.05) is 37.6 Å². The smallest absolute Gasteiger partial charge is 0.136 e. The number of hydrogen-bond acceptors (Lipinski definition) is 2. The molecule has 4 rings (SSSR count). The molecular formula is C24H33FN4. The van der Waals surface area contributed by atoms with E-state index in [9.17, 15) is 4.39 Å². The van der Waals surface area contributed by atoms with Crippen LogP contribution in [0.3, 0.4) is 0 Å². The van der Waals surface area contributed by atoms with Gasteiger partial charge in [0, 0.05) is 34.9 Å². The summed E-state index contributed by atoms with van der Waals surface area (Å²) in [4.78, 5) is 7.41. The van der Waals surface area contributed by atoms with E-state index in [-0.39, 0.29) is 5.82 Å². The first kappa shape index (κ1) is 22.6. The summed E-state index contributed by atoms with van der Waals surface area (Å²) in [5.74, 6) is 0.392. The molecule has 0 fully saturated rings. The summed E-state index contributed by atoms with van der Waals surface area (Å²) < 4.78 is 15.0. The second kappa shape index (κ2) is 10.2. The van der Waals surface area contributed by atoms with Gasteiger partial charge in [0.05, 0.1) is 5.69 Å². The molecule has 29 heavy (non-hydrogen) atoms. The summed E-state index contributed by atoms with van der Waals surface area (Å²) in [7, 11) is 0. The van der Waals surface area contributed by atoms with Crippen molar-refractivity contribution in [3.8, 4) is 0 Å². The lowest BCUT2D eigenvalue weighted by molar-refractivity contribution is 0.640. The molecule has 0 saturated heterocycles. The van der Waals surface area contributed by atoms with Crippen molar-refractivity contribution >= 4 is 23.0 Å². The van der Waals surface area contributed by atoms with Gasteiger partial charge in [0.25, 0.3) is 0 Å².